The van der Waals surface area contributed by atoms with E-state index < -0.39 is 0 Å². The number of carbonyl (C=O) groups is 2. The maximum atomic E-state index is 13.0. The molecule has 1 heterocycles. The van der Waals surface area contributed by atoms with Crippen molar-refractivity contribution in [1.82, 2.24) is 9.80 Å². The Labute approximate surface area is 197 Å². The van der Waals surface area contributed by atoms with E-state index in [9.17, 15) is 9.59 Å². The molecule has 1 amide bonds. The topological polar surface area (TPSA) is 49.9 Å². The van der Waals surface area contributed by atoms with Crippen LogP contribution >= 0.6 is 12.4 Å². The predicted octanol–water partition coefficient (Wildman–Crippen LogP) is 4.46. The van der Waals surface area contributed by atoms with Gasteiger partial charge in [-0.2, -0.15) is 0 Å². The van der Waals surface area contributed by atoms with Gasteiger partial charge in [0.2, 0.25) is 0 Å². The van der Waals surface area contributed by atoms with Gasteiger partial charge in [0.05, 0.1) is 6.61 Å². The lowest BCUT2D eigenvalue weighted by molar-refractivity contribution is -0.137. The highest BCUT2D eigenvalue weighted by atomic mass is 35.5. The third-order valence-corrected chi connectivity index (χ3v) is 5.80. The second-order valence-electron chi connectivity index (χ2n) is 7.95. The number of halogens is 1. The second kappa shape index (κ2) is 13.0. The third kappa shape index (κ3) is 7.50. The first-order valence-electron chi connectivity index (χ1n) is 11.0. The number of piperidine rings is 1. The van der Waals surface area contributed by atoms with Crippen molar-refractivity contribution in [2.45, 2.75) is 32.2 Å². The highest BCUT2D eigenvalue weighted by molar-refractivity contribution is 5.95. The molecule has 3 rings (SSSR count). The van der Waals surface area contributed by atoms with Crippen LogP contribution in [0, 0.1) is 0 Å². The van der Waals surface area contributed by atoms with Crippen LogP contribution in [-0.4, -0.2) is 61.0 Å². The highest BCUT2D eigenvalue weighted by Gasteiger charge is 2.25. The van der Waals surface area contributed by atoms with E-state index in [1.807, 2.05) is 35.2 Å². The van der Waals surface area contributed by atoms with E-state index in [4.69, 9.17) is 4.74 Å². The van der Waals surface area contributed by atoms with Gasteiger partial charge in [0, 0.05) is 37.3 Å². The number of likely N-dealkylation sites (N-methyl/N-ethyl adjacent to an activating group) is 1. The summed E-state index contributed by atoms with van der Waals surface area (Å²) in [5, 5.41) is 0. The van der Waals surface area contributed by atoms with E-state index in [2.05, 4.69) is 36.2 Å². The molecule has 0 spiro atoms. The van der Waals surface area contributed by atoms with Crippen LogP contribution in [0.2, 0.25) is 0 Å². The number of likely N-dealkylation sites (tertiary alicyclic amines) is 1. The maximum Gasteiger partial charge on any atom is 0.330 e. The van der Waals surface area contributed by atoms with Crippen LogP contribution in [-0.2, 0) is 16.0 Å². The Morgan fingerprint density at radius 1 is 1.09 bits per heavy atom. The molecule has 0 aliphatic carbocycles. The number of carbonyl (C=O) groups excluding carboxylic acids is 2. The quantitative estimate of drug-likeness (QED) is 0.434. The first kappa shape index (κ1) is 25.6. The minimum Gasteiger partial charge on any atom is -0.463 e. The van der Waals surface area contributed by atoms with E-state index >= 15 is 0 Å². The van der Waals surface area contributed by atoms with Crippen molar-refractivity contribution >= 4 is 30.4 Å². The van der Waals surface area contributed by atoms with Gasteiger partial charge in [-0.1, -0.05) is 42.5 Å². The smallest absolute Gasteiger partial charge is 0.330 e. The second-order valence-corrected chi connectivity index (χ2v) is 7.95. The average molecular weight is 457 g/mol. The molecule has 0 unspecified atom stereocenters. The minimum atomic E-state index is -0.377. The zero-order valence-corrected chi connectivity index (χ0v) is 19.7. The van der Waals surface area contributed by atoms with E-state index in [1.54, 1.807) is 13.0 Å². The van der Waals surface area contributed by atoms with Gasteiger partial charge < -0.3 is 14.5 Å². The number of ether oxygens (including phenoxy) is 1. The number of amides is 1. The van der Waals surface area contributed by atoms with E-state index in [0.717, 1.165) is 44.5 Å². The fourth-order valence-corrected chi connectivity index (χ4v) is 3.96. The lowest BCUT2D eigenvalue weighted by Crippen LogP contribution is -2.46. The van der Waals surface area contributed by atoms with Crippen LogP contribution in [0.1, 0.15) is 41.3 Å². The normalized spacial score (nSPS) is 14.4. The van der Waals surface area contributed by atoms with Crippen molar-refractivity contribution in [1.29, 1.82) is 0 Å². The summed E-state index contributed by atoms with van der Waals surface area (Å²) in [5.41, 5.74) is 2.83. The molecule has 1 fully saturated rings. The van der Waals surface area contributed by atoms with Crippen molar-refractivity contribution in [2.75, 3.05) is 33.3 Å². The number of benzene rings is 2. The Hall–Kier alpha value is -2.63. The number of esters is 1. The van der Waals surface area contributed by atoms with Gasteiger partial charge in [-0.05, 0) is 62.6 Å². The Morgan fingerprint density at radius 3 is 2.50 bits per heavy atom. The van der Waals surface area contributed by atoms with E-state index in [0.29, 0.717) is 18.2 Å². The first-order chi connectivity index (χ1) is 15.1. The molecular weight excluding hydrogens is 424 g/mol. The van der Waals surface area contributed by atoms with Crippen LogP contribution in [0.5, 0.6) is 0 Å². The Kier molecular flexibility index (Phi) is 10.4. The van der Waals surface area contributed by atoms with Crippen molar-refractivity contribution in [3.8, 4) is 0 Å². The molecule has 0 bridgehead atoms. The fraction of sp³-hybridized carbons (Fsp3) is 0.385. The molecule has 6 heteroatoms. The summed E-state index contributed by atoms with van der Waals surface area (Å²) in [6.07, 6.45) is 6.09. The van der Waals surface area contributed by atoms with Crippen molar-refractivity contribution in [3.63, 3.8) is 0 Å². The van der Waals surface area contributed by atoms with Gasteiger partial charge in [-0.15, -0.1) is 12.4 Å². The molecule has 0 saturated carbocycles. The Bertz CT molecular complexity index is 893. The summed E-state index contributed by atoms with van der Waals surface area (Å²) in [7, 11) is 2.18. The molecule has 1 aliphatic heterocycles. The van der Waals surface area contributed by atoms with Crippen molar-refractivity contribution < 1.29 is 14.3 Å². The molecule has 5 nitrogen and oxygen atoms in total. The SMILES string of the molecule is CCOC(=O)/C=C/c1cccc(C(=O)N2CCC(N(C)CCc3ccccc3)CC2)c1.Cl. The van der Waals surface area contributed by atoms with Gasteiger partial charge in [0.15, 0.2) is 0 Å². The van der Waals surface area contributed by atoms with Gasteiger partial charge in [0.1, 0.15) is 0 Å². The van der Waals surface area contributed by atoms with Crippen LogP contribution in [0.3, 0.4) is 0 Å². The van der Waals surface area contributed by atoms with Gasteiger partial charge in [0.25, 0.3) is 5.91 Å². The monoisotopic (exact) mass is 456 g/mol. The van der Waals surface area contributed by atoms with E-state index in [-0.39, 0.29) is 24.3 Å². The number of nitrogens with zero attached hydrogens (tertiary/aromatic N) is 2. The summed E-state index contributed by atoms with van der Waals surface area (Å²) in [4.78, 5) is 28.9. The van der Waals surface area contributed by atoms with Crippen molar-refractivity contribution in [2.24, 2.45) is 0 Å². The maximum absolute atomic E-state index is 13.0. The lowest BCUT2D eigenvalue weighted by atomic mass is 10.0. The molecule has 32 heavy (non-hydrogen) atoms. The van der Waals surface area contributed by atoms with Gasteiger partial charge >= 0.3 is 5.97 Å². The van der Waals surface area contributed by atoms with Gasteiger partial charge in [-0.25, -0.2) is 4.79 Å². The molecule has 2 aromatic carbocycles. The molecular formula is C26H33ClN2O3. The highest BCUT2D eigenvalue weighted by Crippen LogP contribution is 2.19. The molecule has 0 radical (unpaired) electrons. The lowest BCUT2D eigenvalue weighted by Gasteiger charge is -2.37. The van der Waals surface area contributed by atoms with Crippen LogP contribution in [0.4, 0.5) is 0 Å². The molecule has 0 N–H and O–H groups in total. The summed E-state index contributed by atoms with van der Waals surface area (Å²) in [6.45, 7) is 4.68. The average Bonchev–Trinajstić information content (AvgIpc) is 2.82. The zero-order valence-electron chi connectivity index (χ0n) is 18.9. The van der Waals surface area contributed by atoms with Crippen LogP contribution in [0.25, 0.3) is 6.08 Å². The minimum absolute atomic E-state index is 0. The summed E-state index contributed by atoms with van der Waals surface area (Å²) < 4.78 is 4.90. The molecule has 0 aromatic heterocycles. The molecule has 1 aliphatic rings. The number of hydrogen-bond donors (Lipinski definition) is 0. The Morgan fingerprint density at radius 2 is 1.81 bits per heavy atom. The largest absolute Gasteiger partial charge is 0.463 e. The fourth-order valence-electron chi connectivity index (χ4n) is 3.96. The van der Waals surface area contributed by atoms with Crippen LogP contribution in [0.15, 0.2) is 60.7 Å². The zero-order chi connectivity index (χ0) is 22.1. The predicted molar refractivity (Wildman–Crippen MR) is 131 cm³/mol. The number of rotatable bonds is 8. The summed E-state index contributed by atoms with van der Waals surface area (Å²) in [5.74, 6) is -0.325. The van der Waals surface area contributed by atoms with Crippen LogP contribution < -0.4 is 0 Å². The first-order valence-corrected chi connectivity index (χ1v) is 11.0. The molecule has 2 aromatic rings. The summed E-state index contributed by atoms with van der Waals surface area (Å²) in [6, 6.07) is 18.5. The summed E-state index contributed by atoms with van der Waals surface area (Å²) >= 11 is 0. The molecule has 0 atom stereocenters. The van der Waals surface area contributed by atoms with Crippen molar-refractivity contribution in [3.05, 3.63) is 77.4 Å². The van der Waals surface area contributed by atoms with E-state index in [1.165, 1.54) is 11.6 Å². The van der Waals surface area contributed by atoms with Gasteiger partial charge in [-0.3, -0.25) is 4.79 Å². The molecule has 172 valence electrons. The standard InChI is InChI=1S/C26H32N2O3.ClH/c1-3-31-25(29)13-12-22-10-7-11-23(20-22)26(30)28-18-15-24(16-19-28)27(2)17-14-21-8-5-4-6-9-21;/h4-13,20,24H,3,14-19H2,1-2H3;1H/b13-12+;. The number of hydrogen-bond acceptors (Lipinski definition) is 4. The molecule has 1 saturated heterocycles. The third-order valence-electron chi connectivity index (χ3n) is 5.80. The Balaban J connectivity index is 0.00000363.